The first-order valence-corrected chi connectivity index (χ1v) is 9.96. The smallest absolute Gasteiger partial charge is 0.185 e. The van der Waals surface area contributed by atoms with Crippen LogP contribution in [0.3, 0.4) is 0 Å². The summed E-state index contributed by atoms with van der Waals surface area (Å²) >= 11 is 1.50. The van der Waals surface area contributed by atoms with E-state index in [-0.39, 0.29) is 5.12 Å². The van der Waals surface area contributed by atoms with Crippen molar-refractivity contribution in [2.45, 2.75) is 71.3 Å². The Morgan fingerprint density at radius 2 is 1.86 bits per heavy atom. The van der Waals surface area contributed by atoms with E-state index in [4.69, 9.17) is 0 Å². The lowest BCUT2D eigenvalue weighted by molar-refractivity contribution is -0.109. The van der Waals surface area contributed by atoms with E-state index in [9.17, 15) is 4.79 Å². The van der Waals surface area contributed by atoms with E-state index in [2.05, 4.69) is 29.1 Å². The highest BCUT2D eigenvalue weighted by molar-refractivity contribution is 8.13. The van der Waals surface area contributed by atoms with Crippen molar-refractivity contribution in [1.82, 2.24) is 4.57 Å². The lowest BCUT2D eigenvalue weighted by atomic mass is 9.83. The maximum Gasteiger partial charge on any atom is 0.185 e. The minimum absolute atomic E-state index is 0.261. The molecule has 1 fully saturated rings. The second-order valence-electron chi connectivity index (χ2n) is 6.79. The van der Waals surface area contributed by atoms with Gasteiger partial charge in [-0.2, -0.15) is 0 Å². The third kappa shape index (κ3) is 7.04. The molecular weight excluding hydrogens is 290 g/mol. The van der Waals surface area contributed by atoms with Gasteiger partial charge in [-0.1, -0.05) is 56.7 Å². The van der Waals surface area contributed by atoms with Crippen LogP contribution in [0.1, 0.15) is 64.7 Å². The molecule has 1 aliphatic carbocycles. The Morgan fingerprint density at radius 3 is 2.55 bits per heavy atom. The van der Waals surface area contributed by atoms with E-state index in [1.54, 1.807) is 6.92 Å². The van der Waals surface area contributed by atoms with Gasteiger partial charge in [-0.15, -0.1) is 0 Å². The Kier molecular flexibility index (Phi) is 8.14. The first-order chi connectivity index (χ1) is 10.7. The molecule has 0 N–H and O–H groups in total. The Bertz CT molecular complexity index is 409. The zero-order chi connectivity index (χ0) is 15.6. The fraction of sp³-hybridized carbons (Fsp3) is 0.737. The van der Waals surface area contributed by atoms with Gasteiger partial charge in [0.25, 0.3) is 0 Å². The zero-order valence-corrected chi connectivity index (χ0v) is 14.8. The number of hydrogen-bond donors (Lipinski definition) is 0. The molecule has 22 heavy (non-hydrogen) atoms. The maximum absolute atomic E-state index is 11.1. The first-order valence-electron chi connectivity index (χ1n) is 8.98. The highest BCUT2D eigenvalue weighted by Crippen LogP contribution is 2.30. The Labute approximate surface area is 140 Å². The van der Waals surface area contributed by atoms with Crippen LogP contribution in [0, 0.1) is 11.8 Å². The van der Waals surface area contributed by atoms with Crippen molar-refractivity contribution in [2.24, 2.45) is 11.8 Å². The predicted molar refractivity (Wildman–Crippen MR) is 96.1 cm³/mol. The number of nitrogens with zero attached hydrogens (tertiary/aromatic N) is 1. The van der Waals surface area contributed by atoms with E-state index in [1.807, 2.05) is 0 Å². The van der Waals surface area contributed by atoms with Crippen molar-refractivity contribution in [3.8, 4) is 0 Å². The molecule has 1 aliphatic rings. The van der Waals surface area contributed by atoms with Crippen molar-refractivity contribution in [2.75, 3.05) is 5.75 Å². The lowest BCUT2D eigenvalue weighted by Crippen LogP contribution is -2.12. The number of carbonyl (C=O) groups excluding carboxylic acids is 1. The van der Waals surface area contributed by atoms with Crippen molar-refractivity contribution in [3.63, 3.8) is 0 Å². The average molecular weight is 322 g/mol. The molecule has 1 saturated carbocycles. The van der Waals surface area contributed by atoms with E-state index in [0.29, 0.717) is 0 Å². The molecule has 1 heterocycles. The number of carbonyl (C=O) groups is 1. The zero-order valence-electron chi connectivity index (χ0n) is 14.0. The minimum Gasteiger partial charge on any atom is -0.354 e. The Hall–Kier alpha value is -0.700. The Morgan fingerprint density at radius 1 is 1.14 bits per heavy atom. The van der Waals surface area contributed by atoms with Gasteiger partial charge in [-0.3, -0.25) is 4.79 Å². The molecule has 2 rings (SSSR count). The molecule has 1 atom stereocenters. The molecule has 1 aromatic heterocycles. The van der Waals surface area contributed by atoms with Crippen LogP contribution in [-0.2, 0) is 11.3 Å². The molecule has 0 aromatic carbocycles. The summed E-state index contributed by atoms with van der Waals surface area (Å²) in [5.74, 6) is 2.75. The SMILES string of the molecule is CC(=O)SCCC(CCC1CCCCC1)CCn1cccc1. The average Bonchev–Trinajstić information content (AvgIpc) is 3.03. The van der Waals surface area contributed by atoms with Gasteiger partial charge in [-0.25, -0.2) is 0 Å². The summed E-state index contributed by atoms with van der Waals surface area (Å²) in [5, 5.41) is 0.261. The molecule has 124 valence electrons. The van der Waals surface area contributed by atoms with Crippen LogP contribution in [0.5, 0.6) is 0 Å². The summed E-state index contributed by atoms with van der Waals surface area (Å²) in [5.41, 5.74) is 0. The fourth-order valence-corrected chi connectivity index (χ4v) is 4.34. The van der Waals surface area contributed by atoms with Gasteiger partial charge in [0.15, 0.2) is 5.12 Å². The molecule has 0 spiro atoms. The molecule has 3 heteroatoms. The summed E-state index contributed by atoms with van der Waals surface area (Å²) in [6.07, 6.45) is 16.7. The standard InChI is InChI=1S/C19H31NOS/c1-17(21)22-16-12-19(11-15-20-13-5-6-14-20)10-9-18-7-3-2-4-8-18/h5-6,13-14,18-19H,2-4,7-12,15-16H2,1H3. The second kappa shape index (κ2) is 10.1. The summed E-state index contributed by atoms with van der Waals surface area (Å²) in [4.78, 5) is 11.1. The minimum atomic E-state index is 0.261. The normalized spacial score (nSPS) is 17.5. The summed E-state index contributed by atoms with van der Waals surface area (Å²) < 4.78 is 2.28. The molecule has 0 radical (unpaired) electrons. The van der Waals surface area contributed by atoms with Crippen LogP contribution < -0.4 is 0 Å². The molecule has 0 bridgehead atoms. The predicted octanol–water partition coefficient (Wildman–Crippen LogP) is 5.52. The van der Waals surface area contributed by atoms with Gasteiger partial charge < -0.3 is 4.57 Å². The molecule has 2 nitrogen and oxygen atoms in total. The fourth-order valence-electron chi connectivity index (χ4n) is 3.60. The van der Waals surface area contributed by atoms with E-state index in [1.165, 1.54) is 69.5 Å². The highest BCUT2D eigenvalue weighted by atomic mass is 32.2. The van der Waals surface area contributed by atoms with E-state index in [0.717, 1.165) is 24.1 Å². The third-order valence-corrected chi connectivity index (χ3v) is 5.85. The van der Waals surface area contributed by atoms with Gasteiger partial charge in [-0.05, 0) is 36.8 Å². The Balaban J connectivity index is 1.73. The van der Waals surface area contributed by atoms with Crippen LogP contribution in [0.4, 0.5) is 0 Å². The summed E-state index contributed by atoms with van der Waals surface area (Å²) in [7, 11) is 0. The highest BCUT2D eigenvalue weighted by Gasteiger charge is 2.16. The van der Waals surface area contributed by atoms with Gasteiger partial charge in [0.2, 0.25) is 0 Å². The van der Waals surface area contributed by atoms with Crippen molar-refractivity contribution < 1.29 is 4.79 Å². The molecular formula is C19H31NOS. The molecule has 1 aromatic rings. The van der Waals surface area contributed by atoms with Crippen molar-refractivity contribution >= 4 is 16.9 Å². The number of aromatic nitrogens is 1. The summed E-state index contributed by atoms with van der Waals surface area (Å²) in [6, 6.07) is 4.20. The van der Waals surface area contributed by atoms with Gasteiger partial charge >= 0.3 is 0 Å². The van der Waals surface area contributed by atoms with Crippen LogP contribution >= 0.6 is 11.8 Å². The molecule has 0 amide bonds. The van der Waals surface area contributed by atoms with Crippen molar-refractivity contribution in [3.05, 3.63) is 24.5 Å². The third-order valence-electron chi connectivity index (χ3n) is 5.00. The summed E-state index contributed by atoms with van der Waals surface area (Å²) in [6.45, 7) is 2.80. The van der Waals surface area contributed by atoms with Gasteiger partial charge in [0, 0.05) is 31.6 Å². The van der Waals surface area contributed by atoms with E-state index < -0.39 is 0 Å². The number of thioether (sulfide) groups is 1. The van der Waals surface area contributed by atoms with Crippen LogP contribution in [-0.4, -0.2) is 15.4 Å². The topological polar surface area (TPSA) is 22.0 Å². The largest absolute Gasteiger partial charge is 0.354 e. The maximum atomic E-state index is 11.1. The second-order valence-corrected chi connectivity index (χ2v) is 8.06. The van der Waals surface area contributed by atoms with Crippen LogP contribution in [0.15, 0.2) is 24.5 Å². The van der Waals surface area contributed by atoms with E-state index >= 15 is 0 Å². The number of rotatable bonds is 9. The number of aryl methyl sites for hydroxylation is 1. The van der Waals surface area contributed by atoms with Gasteiger partial charge in [0.1, 0.15) is 0 Å². The van der Waals surface area contributed by atoms with Crippen LogP contribution in [0.25, 0.3) is 0 Å². The van der Waals surface area contributed by atoms with Gasteiger partial charge in [0.05, 0.1) is 0 Å². The molecule has 1 unspecified atom stereocenters. The van der Waals surface area contributed by atoms with Crippen molar-refractivity contribution in [1.29, 1.82) is 0 Å². The molecule has 0 saturated heterocycles. The monoisotopic (exact) mass is 321 g/mol. The lowest BCUT2D eigenvalue weighted by Gasteiger charge is -2.24. The quantitative estimate of drug-likeness (QED) is 0.597. The molecule has 0 aliphatic heterocycles. The first kappa shape index (κ1) is 17.7. The number of hydrogen-bond acceptors (Lipinski definition) is 2. The van der Waals surface area contributed by atoms with Crippen LogP contribution in [0.2, 0.25) is 0 Å².